The van der Waals surface area contributed by atoms with Crippen LogP contribution in [0.3, 0.4) is 0 Å². The summed E-state index contributed by atoms with van der Waals surface area (Å²) in [6, 6.07) is 5.30. The molecular formula is C23H34N6O. The first kappa shape index (κ1) is 19.9. The fourth-order valence-electron chi connectivity index (χ4n) is 5.92. The van der Waals surface area contributed by atoms with E-state index < -0.39 is 0 Å². The molecule has 2 saturated heterocycles. The lowest BCUT2D eigenvalue weighted by Crippen LogP contribution is -2.45. The summed E-state index contributed by atoms with van der Waals surface area (Å²) in [6.45, 7) is 9.91. The molecule has 162 valence electrons. The van der Waals surface area contributed by atoms with Crippen LogP contribution in [0.2, 0.25) is 0 Å². The number of hydrogen-bond acceptors (Lipinski definition) is 6. The van der Waals surface area contributed by atoms with E-state index in [1.807, 2.05) is 24.0 Å². The van der Waals surface area contributed by atoms with Crippen LogP contribution >= 0.6 is 0 Å². The van der Waals surface area contributed by atoms with E-state index in [4.69, 9.17) is 4.74 Å². The van der Waals surface area contributed by atoms with Crippen LogP contribution in [-0.4, -0.2) is 62.3 Å². The first-order valence-corrected chi connectivity index (χ1v) is 11.4. The van der Waals surface area contributed by atoms with Crippen molar-refractivity contribution in [1.29, 1.82) is 0 Å². The molecule has 5 rings (SSSR count). The highest BCUT2D eigenvalue weighted by Gasteiger charge is 2.44. The van der Waals surface area contributed by atoms with Crippen LogP contribution in [0.5, 0.6) is 0 Å². The van der Waals surface area contributed by atoms with Crippen LogP contribution in [0.25, 0.3) is 11.4 Å². The van der Waals surface area contributed by atoms with Gasteiger partial charge in [-0.3, -0.25) is 9.58 Å². The number of likely N-dealkylation sites (tertiary alicyclic amines) is 1. The number of rotatable bonds is 4. The van der Waals surface area contributed by atoms with Crippen LogP contribution in [0.4, 0.5) is 5.82 Å². The molecule has 30 heavy (non-hydrogen) atoms. The maximum absolute atomic E-state index is 5.92. The first-order chi connectivity index (χ1) is 14.4. The van der Waals surface area contributed by atoms with Gasteiger partial charge in [-0.05, 0) is 76.0 Å². The Morgan fingerprint density at radius 3 is 2.50 bits per heavy atom. The van der Waals surface area contributed by atoms with Crippen molar-refractivity contribution in [3.63, 3.8) is 0 Å². The van der Waals surface area contributed by atoms with Gasteiger partial charge < -0.3 is 10.1 Å². The number of fused-ring (bicyclic) bond motifs is 1. The molecule has 2 aliphatic heterocycles. The highest BCUT2D eigenvalue weighted by Crippen LogP contribution is 2.41. The number of nitrogens with one attached hydrogen (secondary N) is 1. The van der Waals surface area contributed by atoms with E-state index in [1.165, 1.54) is 32.4 Å². The fourth-order valence-corrected chi connectivity index (χ4v) is 5.92. The molecule has 2 aromatic heterocycles. The van der Waals surface area contributed by atoms with Crippen LogP contribution < -0.4 is 5.32 Å². The highest BCUT2D eigenvalue weighted by atomic mass is 16.5. The van der Waals surface area contributed by atoms with Crippen molar-refractivity contribution in [1.82, 2.24) is 24.9 Å². The van der Waals surface area contributed by atoms with Crippen molar-refractivity contribution in [3.8, 4) is 11.4 Å². The van der Waals surface area contributed by atoms with Gasteiger partial charge in [-0.15, -0.1) is 10.2 Å². The Bertz CT molecular complexity index is 858. The van der Waals surface area contributed by atoms with Crippen molar-refractivity contribution in [2.24, 2.45) is 18.9 Å². The molecule has 2 unspecified atom stereocenters. The SMILES string of the molecule is Cc1cnn(C)c1-c1ccc(NC2C[C@@H]3CN(C4CCOC(C)(C)C4)C[C@@H]3C2)nn1. The third-order valence-corrected chi connectivity index (χ3v) is 7.35. The Kier molecular flexibility index (Phi) is 5.06. The van der Waals surface area contributed by atoms with Gasteiger partial charge in [0.1, 0.15) is 11.5 Å². The molecular weight excluding hydrogens is 376 g/mol. The lowest BCUT2D eigenvalue weighted by molar-refractivity contribution is -0.0811. The van der Waals surface area contributed by atoms with E-state index in [9.17, 15) is 0 Å². The third-order valence-electron chi connectivity index (χ3n) is 7.35. The molecule has 0 aromatic carbocycles. The zero-order valence-electron chi connectivity index (χ0n) is 18.6. The van der Waals surface area contributed by atoms with Crippen molar-refractivity contribution in [2.45, 2.75) is 64.1 Å². The number of aromatic nitrogens is 4. The predicted molar refractivity (Wildman–Crippen MR) is 117 cm³/mol. The van der Waals surface area contributed by atoms with Gasteiger partial charge in [0.15, 0.2) is 0 Å². The Labute approximate surface area is 179 Å². The second-order valence-corrected chi connectivity index (χ2v) is 10.1. The minimum absolute atomic E-state index is 0.0313. The van der Waals surface area contributed by atoms with Gasteiger partial charge in [0.05, 0.1) is 17.5 Å². The summed E-state index contributed by atoms with van der Waals surface area (Å²) >= 11 is 0. The molecule has 2 aromatic rings. The summed E-state index contributed by atoms with van der Waals surface area (Å²) in [4.78, 5) is 2.75. The topological polar surface area (TPSA) is 68.1 Å². The van der Waals surface area contributed by atoms with Gasteiger partial charge in [-0.25, -0.2) is 0 Å². The van der Waals surface area contributed by atoms with E-state index in [0.717, 1.165) is 47.6 Å². The first-order valence-electron chi connectivity index (χ1n) is 11.4. The zero-order valence-corrected chi connectivity index (χ0v) is 18.6. The molecule has 7 nitrogen and oxygen atoms in total. The zero-order chi connectivity index (χ0) is 20.9. The Hall–Kier alpha value is -1.99. The minimum Gasteiger partial charge on any atom is -0.375 e. The monoisotopic (exact) mass is 410 g/mol. The number of nitrogens with zero attached hydrogens (tertiary/aromatic N) is 5. The summed E-state index contributed by atoms with van der Waals surface area (Å²) in [6.07, 6.45) is 6.68. The summed E-state index contributed by atoms with van der Waals surface area (Å²) in [5.74, 6) is 2.49. The van der Waals surface area contributed by atoms with Crippen LogP contribution in [0, 0.1) is 18.8 Å². The number of aryl methyl sites for hydroxylation is 2. The van der Waals surface area contributed by atoms with Crippen LogP contribution in [-0.2, 0) is 11.8 Å². The van der Waals surface area contributed by atoms with Crippen molar-refractivity contribution in [3.05, 3.63) is 23.9 Å². The van der Waals surface area contributed by atoms with E-state index in [0.29, 0.717) is 12.1 Å². The van der Waals surface area contributed by atoms with Crippen molar-refractivity contribution < 1.29 is 4.74 Å². The maximum Gasteiger partial charge on any atom is 0.148 e. The quantitative estimate of drug-likeness (QED) is 0.834. The predicted octanol–water partition coefficient (Wildman–Crippen LogP) is 3.27. The highest BCUT2D eigenvalue weighted by molar-refractivity contribution is 5.59. The number of hydrogen-bond donors (Lipinski definition) is 1. The van der Waals surface area contributed by atoms with Gasteiger partial charge >= 0.3 is 0 Å². The molecule has 7 heteroatoms. The van der Waals surface area contributed by atoms with Crippen LogP contribution in [0.1, 0.15) is 45.1 Å². The summed E-state index contributed by atoms with van der Waals surface area (Å²) in [7, 11) is 1.94. The Morgan fingerprint density at radius 1 is 1.13 bits per heavy atom. The van der Waals surface area contributed by atoms with E-state index in [-0.39, 0.29) is 5.60 Å². The molecule has 4 heterocycles. The van der Waals surface area contributed by atoms with Crippen molar-refractivity contribution in [2.75, 3.05) is 25.0 Å². The minimum atomic E-state index is 0.0313. The molecule has 3 aliphatic rings. The normalized spacial score (nSPS) is 31.1. The number of ether oxygens (including phenoxy) is 1. The molecule has 3 fully saturated rings. The average Bonchev–Trinajstić information content (AvgIpc) is 3.35. The van der Waals surface area contributed by atoms with E-state index in [2.05, 4.69) is 52.4 Å². The Balaban J connectivity index is 1.17. The van der Waals surface area contributed by atoms with Gasteiger partial charge in [-0.1, -0.05) is 0 Å². The molecule has 4 atom stereocenters. The van der Waals surface area contributed by atoms with E-state index in [1.54, 1.807) is 0 Å². The smallest absolute Gasteiger partial charge is 0.148 e. The average molecular weight is 411 g/mol. The molecule has 1 aliphatic carbocycles. The van der Waals surface area contributed by atoms with Crippen molar-refractivity contribution >= 4 is 5.82 Å². The van der Waals surface area contributed by atoms with Crippen LogP contribution in [0.15, 0.2) is 18.3 Å². The maximum atomic E-state index is 5.92. The fraction of sp³-hybridized carbons (Fsp3) is 0.696. The molecule has 1 N–H and O–H groups in total. The molecule has 0 amide bonds. The summed E-state index contributed by atoms with van der Waals surface area (Å²) in [5.41, 5.74) is 3.05. The standard InChI is InChI=1S/C23H34N6O/c1-15-12-24-28(4)22(15)20-5-6-21(27-26-20)25-18-9-16-13-29(14-17(16)10-18)19-7-8-30-23(2,3)11-19/h5-6,12,16-19H,7-11,13-14H2,1-4H3,(H,25,27)/t16-,17+,18?,19?. The van der Waals surface area contributed by atoms with Gasteiger partial charge in [0.25, 0.3) is 0 Å². The molecule has 1 saturated carbocycles. The largest absolute Gasteiger partial charge is 0.375 e. The summed E-state index contributed by atoms with van der Waals surface area (Å²) in [5, 5.41) is 16.8. The lowest BCUT2D eigenvalue weighted by atomic mass is 9.93. The molecule has 0 radical (unpaired) electrons. The lowest BCUT2D eigenvalue weighted by Gasteiger charge is -2.40. The summed E-state index contributed by atoms with van der Waals surface area (Å²) < 4.78 is 7.78. The van der Waals surface area contributed by atoms with Gasteiger partial charge in [0.2, 0.25) is 0 Å². The van der Waals surface area contributed by atoms with Gasteiger partial charge in [0, 0.05) is 38.8 Å². The second-order valence-electron chi connectivity index (χ2n) is 10.1. The molecule has 0 spiro atoms. The molecule has 0 bridgehead atoms. The van der Waals surface area contributed by atoms with Gasteiger partial charge in [-0.2, -0.15) is 5.10 Å². The Morgan fingerprint density at radius 2 is 1.90 bits per heavy atom. The van der Waals surface area contributed by atoms with E-state index >= 15 is 0 Å². The third kappa shape index (κ3) is 3.85. The number of anilines is 1. The second kappa shape index (κ2) is 7.61.